The summed E-state index contributed by atoms with van der Waals surface area (Å²) < 4.78 is 42.8. The number of aryl methyl sites for hydroxylation is 1. The first-order valence-electron chi connectivity index (χ1n) is 5.79. The van der Waals surface area contributed by atoms with Gasteiger partial charge in [0.25, 0.3) is 0 Å². The van der Waals surface area contributed by atoms with Gasteiger partial charge in [-0.2, -0.15) is 5.10 Å². The summed E-state index contributed by atoms with van der Waals surface area (Å²) in [6.45, 7) is 0.236. The van der Waals surface area contributed by atoms with Crippen molar-refractivity contribution in [3.05, 3.63) is 42.0 Å². The van der Waals surface area contributed by atoms with Gasteiger partial charge < -0.3 is 4.74 Å². The van der Waals surface area contributed by atoms with Gasteiger partial charge in [-0.3, -0.25) is 4.68 Å². The highest BCUT2D eigenvalue weighted by atomic mass is 32.2. The number of nitrogens with two attached hydrogens (primary N) is 1. The van der Waals surface area contributed by atoms with Gasteiger partial charge in [0.05, 0.1) is 12.8 Å². The lowest BCUT2D eigenvalue weighted by Crippen LogP contribution is -2.15. The van der Waals surface area contributed by atoms with Gasteiger partial charge in [-0.05, 0) is 23.8 Å². The van der Waals surface area contributed by atoms with Crippen LogP contribution in [0.15, 0.2) is 35.5 Å². The molecule has 2 rings (SSSR count). The van der Waals surface area contributed by atoms with Crippen LogP contribution in [0.3, 0.4) is 0 Å². The fourth-order valence-corrected chi connectivity index (χ4v) is 2.39. The monoisotopic (exact) mass is 299 g/mol. The Labute approximate surface area is 116 Å². The van der Waals surface area contributed by atoms with Crippen LogP contribution in [0.5, 0.6) is 5.75 Å². The third-order valence-electron chi connectivity index (χ3n) is 2.62. The van der Waals surface area contributed by atoms with Crippen LogP contribution < -0.4 is 9.88 Å². The second kappa shape index (κ2) is 5.59. The lowest BCUT2D eigenvalue weighted by atomic mass is 10.3. The standard InChI is InChI=1S/C12H14FN3O3S/c1-16-8-9(7-15-16)4-5-19-11-3-2-10(13)6-12(11)20(14,17)18/h2-3,6-8H,4-5H2,1H3,(H2,14,17,18). The van der Waals surface area contributed by atoms with Crippen LogP contribution in [-0.2, 0) is 23.5 Å². The van der Waals surface area contributed by atoms with Crippen molar-refractivity contribution in [2.45, 2.75) is 11.3 Å². The number of aromatic nitrogens is 2. The first-order valence-corrected chi connectivity index (χ1v) is 7.33. The van der Waals surface area contributed by atoms with Gasteiger partial charge in [0.2, 0.25) is 10.0 Å². The first kappa shape index (κ1) is 14.5. The van der Waals surface area contributed by atoms with Crippen molar-refractivity contribution in [3.63, 3.8) is 0 Å². The number of rotatable bonds is 5. The van der Waals surface area contributed by atoms with Crippen LogP contribution in [-0.4, -0.2) is 24.8 Å². The molecule has 0 unspecified atom stereocenters. The summed E-state index contributed by atoms with van der Waals surface area (Å²) in [5.41, 5.74) is 0.951. The second-order valence-corrected chi connectivity index (χ2v) is 5.79. The Morgan fingerprint density at radius 1 is 1.45 bits per heavy atom. The molecule has 0 amide bonds. The van der Waals surface area contributed by atoms with Crippen LogP contribution in [0.1, 0.15) is 5.56 Å². The van der Waals surface area contributed by atoms with Gasteiger partial charge in [0.15, 0.2) is 0 Å². The fourth-order valence-electron chi connectivity index (χ4n) is 1.70. The lowest BCUT2D eigenvalue weighted by Gasteiger charge is -2.09. The van der Waals surface area contributed by atoms with E-state index in [9.17, 15) is 12.8 Å². The average Bonchev–Trinajstić information content (AvgIpc) is 2.76. The van der Waals surface area contributed by atoms with E-state index in [4.69, 9.17) is 9.88 Å². The summed E-state index contributed by atoms with van der Waals surface area (Å²) in [5.74, 6) is -0.647. The highest BCUT2D eigenvalue weighted by molar-refractivity contribution is 7.89. The van der Waals surface area contributed by atoms with Crippen LogP contribution >= 0.6 is 0 Å². The van der Waals surface area contributed by atoms with Gasteiger partial charge in [-0.25, -0.2) is 17.9 Å². The molecule has 0 aliphatic heterocycles. The Balaban J connectivity index is 2.10. The zero-order chi connectivity index (χ0) is 14.8. The van der Waals surface area contributed by atoms with Crippen LogP contribution in [0.2, 0.25) is 0 Å². The van der Waals surface area contributed by atoms with Crippen molar-refractivity contribution in [2.24, 2.45) is 12.2 Å². The Morgan fingerprint density at radius 3 is 2.80 bits per heavy atom. The molecule has 0 aliphatic rings. The van der Waals surface area contributed by atoms with Crippen LogP contribution in [0.4, 0.5) is 4.39 Å². The fraction of sp³-hybridized carbons (Fsp3) is 0.250. The maximum atomic E-state index is 13.1. The Morgan fingerprint density at radius 2 is 2.20 bits per heavy atom. The number of ether oxygens (including phenoxy) is 1. The summed E-state index contributed by atoms with van der Waals surface area (Å²) in [5, 5.41) is 9.03. The molecule has 0 fully saturated rings. The van der Waals surface area contributed by atoms with E-state index < -0.39 is 15.8 Å². The highest BCUT2D eigenvalue weighted by Gasteiger charge is 2.16. The summed E-state index contributed by atoms with van der Waals surface area (Å²) in [4.78, 5) is -0.358. The summed E-state index contributed by atoms with van der Waals surface area (Å²) in [7, 11) is -2.23. The van der Waals surface area contributed by atoms with E-state index in [-0.39, 0.29) is 17.3 Å². The number of hydrogen-bond donors (Lipinski definition) is 1. The number of nitrogens with zero attached hydrogens (tertiary/aromatic N) is 2. The van der Waals surface area contributed by atoms with Crippen LogP contribution in [0, 0.1) is 5.82 Å². The van der Waals surface area contributed by atoms with E-state index in [2.05, 4.69) is 5.10 Å². The van der Waals surface area contributed by atoms with Gasteiger partial charge in [0.1, 0.15) is 16.5 Å². The Hall–Kier alpha value is -1.93. The van der Waals surface area contributed by atoms with Gasteiger partial charge >= 0.3 is 0 Å². The maximum Gasteiger partial charge on any atom is 0.241 e. The first-order chi connectivity index (χ1) is 9.36. The van der Waals surface area contributed by atoms with E-state index in [0.29, 0.717) is 6.42 Å². The van der Waals surface area contributed by atoms with Crippen molar-refractivity contribution in [3.8, 4) is 5.75 Å². The number of sulfonamides is 1. The maximum absolute atomic E-state index is 13.1. The molecule has 1 aromatic carbocycles. The number of halogens is 1. The molecule has 1 aromatic heterocycles. The minimum atomic E-state index is -4.03. The third-order valence-corrected chi connectivity index (χ3v) is 3.55. The molecule has 8 heteroatoms. The highest BCUT2D eigenvalue weighted by Crippen LogP contribution is 2.23. The van der Waals surface area contributed by atoms with Crippen molar-refractivity contribution in [2.75, 3.05) is 6.61 Å². The number of hydrogen-bond acceptors (Lipinski definition) is 4. The third kappa shape index (κ3) is 3.55. The average molecular weight is 299 g/mol. The predicted molar refractivity (Wildman–Crippen MR) is 70.2 cm³/mol. The summed E-state index contributed by atoms with van der Waals surface area (Å²) >= 11 is 0. The molecule has 0 saturated heterocycles. The number of benzene rings is 1. The van der Waals surface area contributed by atoms with E-state index in [1.165, 1.54) is 6.07 Å². The predicted octanol–water partition coefficient (Wildman–Crippen LogP) is 0.828. The molecule has 20 heavy (non-hydrogen) atoms. The van der Waals surface area contributed by atoms with Crippen molar-refractivity contribution < 1.29 is 17.5 Å². The van der Waals surface area contributed by atoms with E-state index in [0.717, 1.165) is 17.7 Å². The van der Waals surface area contributed by atoms with Crippen molar-refractivity contribution >= 4 is 10.0 Å². The molecule has 2 N–H and O–H groups in total. The Bertz CT molecular complexity index is 712. The molecule has 0 aliphatic carbocycles. The molecular formula is C12H14FN3O3S. The van der Waals surface area contributed by atoms with Gasteiger partial charge in [-0.15, -0.1) is 0 Å². The SMILES string of the molecule is Cn1cc(CCOc2ccc(F)cc2S(N)(=O)=O)cn1. The van der Waals surface area contributed by atoms with Gasteiger partial charge in [-0.1, -0.05) is 0 Å². The molecule has 0 bridgehead atoms. The molecular weight excluding hydrogens is 285 g/mol. The zero-order valence-electron chi connectivity index (χ0n) is 10.8. The molecule has 0 saturated carbocycles. The summed E-state index contributed by atoms with van der Waals surface area (Å²) in [6, 6.07) is 3.21. The van der Waals surface area contributed by atoms with Crippen molar-refractivity contribution in [1.82, 2.24) is 9.78 Å². The molecule has 0 radical (unpaired) electrons. The zero-order valence-corrected chi connectivity index (χ0v) is 11.6. The van der Waals surface area contributed by atoms with Gasteiger partial charge in [0, 0.05) is 19.7 Å². The Kier molecular flexibility index (Phi) is 4.05. The smallest absolute Gasteiger partial charge is 0.241 e. The van der Waals surface area contributed by atoms with E-state index >= 15 is 0 Å². The summed E-state index contributed by atoms with van der Waals surface area (Å²) in [6.07, 6.45) is 4.07. The topological polar surface area (TPSA) is 87.2 Å². The normalized spacial score (nSPS) is 11.6. The largest absolute Gasteiger partial charge is 0.492 e. The van der Waals surface area contributed by atoms with Crippen LogP contribution in [0.25, 0.3) is 0 Å². The molecule has 0 atom stereocenters. The quantitative estimate of drug-likeness (QED) is 0.885. The lowest BCUT2D eigenvalue weighted by molar-refractivity contribution is 0.313. The van der Waals surface area contributed by atoms with Crippen molar-refractivity contribution in [1.29, 1.82) is 0 Å². The minimum absolute atomic E-state index is 0.0396. The second-order valence-electron chi connectivity index (χ2n) is 4.26. The molecule has 2 aromatic rings. The molecule has 0 spiro atoms. The molecule has 6 nitrogen and oxygen atoms in total. The molecule has 108 valence electrons. The minimum Gasteiger partial charge on any atom is -0.492 e. The number of primary sulfonamides is 1. The van der Waals surface area contributed by atoms with E-state index in [1.54, 1.807) is 17.9 Å². The van der Waals surface area contributed by atoms with E-state index in [1.807, 2.05) is 6.20 Å². The molecule has 1 heterocycles.